The summed E-state index contributed by atoms with van der Waals surface area (Å²) in [6.45, 7) is 0.519. The Bertz CT molecular complexity index is 205. The lowest BCUT2D eigenvalue weighted by atomic mass is 9.85. The zero-order valence-corrected chi connectivity index (χ0v) is 8.01. The molecule has 0 radical (unpaired) electrons. The Morgan fingerprint density at radius 1 is 1.38 bits per heavy atom. The zero-order valence-electron chi connectivity index (χ0n) is 8.01. The highest BCUT2D eigenvalue weighted by atomic mass is 16.2. The third kappa shape index (κ3) is 1.70. The Balaban J connectivity index is 1.96. The highest BCUT2D eigenvalue weighted by Gasteiger charge is 2.41. The van der Waals surface area contributed by atoms with E-state index in [9.17, 15) is 4.79 Å². The molecule has 0 atom stereocenters. The average molecular weight is 182 g/mol. The van der Waals surface area contributed by atoms with Gasteiger partial charge in [0, 0.05) is 12.6 Å². The Morgan fingerprint density at radius 3 is 2.46 bits per heavy atom. The summed E-state index contributed by atoms with van der Waals surface area (Å²) in [7, 11) is 0. The first-order chi connectivity index (χ1) is 6.27. The minimum Gasteiger partial charge on any atom is -0.353 e. The van der Waals surface area contributed by atoms with Gasteiger partial charge in [0.15, 0.2) is 0 Å². The van der Waals surface area contributed by atoms with Gasteiger partial charge >= 0.3 is 0 Å². The number of rotatable bonds is 3. The van der Waals surface area contributed by atoms with E-state index in [4.69, 9.17) is 5.73 Å². The molecule has 0 bridgehead atoms. The molecule has 3 nitrogen and oxygen atoms in total. The van der Waals surface area contributed by atoms with Crippen LogP contribution in [0.15, 0.2) is 0 Å². The van der Waals surface area contributed by atoms with Gasteiger partial charge in [-0.2, -0.15) is 0 Å². The lowest BCUT2D eigenvalue weighted by Crippen LogP contribution is -2.44. The second-order valence-corrected chi connectivity index (χ2v) is 4.44. The van der Waals surface area contributed by atoms with Crippen LogP contribution in [0.3, 0.4) is 0 Å². The summed E-state index contributed by atoms with van der Waals surface area (Å²) in [6.07, 6.45) is 6.62. The van der Waals surface area contributed by atoms with Crippen molar-refractivity contribution in [2.24, 2.45) is 11.1 Å². The summed E-state index contributed by atoms with van der Waals surface area (Å²) < 4.78 is 0. The molecule has 0 aromatic carbocycles. The van der Waals surface area contributed by atoms with Crippen LogP contribution in [0.25, 0.3) is 0 Å². The lowest BCUT2D eigenvalue weighted by molar-refractivity contribution is -0.130. The number of hydrogen-bond acceptors (Lipinski definition) is 2. The first-order valence-electron chi connectivity index (χ1n) is 5.28. The van der Waals surface area contributed by atoms with Gasteiger partial charge in [0.05, 0.1) is 5.41 Å². The van der Waals surface area contributed by atoms with Crippen molar-refractivity contribution in [1.29, 1.82) is 0 Å². The minimum atomic E-state index is -0.206. The molecule has 2 aliphatic carbocycles. The molecule has 0 saturated heterocycles. The minimum absolute atomic E-state index is 0.206. The molecule has 3 heteroatoms. The number of hydrogen-bond donors (Lipinski definition) is 2. The van der Waals surface area contributed by atoms with Crippen molar-refractivity contribution >= 4 is 5.91 Å². The smallest absolute Gasteiger partial charge is 0.227 e. The fraction of sp³-hybridized carbons (Fsp3) is 0.900. The largest absolute Gasteiger partial charge is 0.353 e. The van der Waals surface area contributed by atoms with Crippen LogP contribution >= 0.6 is 0 Å². The van der Waals surface area contributed by atoms with Gasteiger partial charge in [-0.25, -0.2) is 0 Å². The fourth-order valence-electron chi connectivity index (χ4n) is 2.14. The summed E-state index contributed by atoms with van der Waals surface area (Å²) >= 11 is 0. The van der Waals surface area contributed by atoms with Gasteiger partial charge in [-0.3, -0.25) is 4.79 Å². The number of nitrogens with two attached hydrogens (primary N) is 1. The molecule has 2 fully saturated rings. The van der Waals surface area contributed by atoms with Gasteiger partial charge in [-0.15, -0.1) is 0 Å². The summed E-state index contributed by atoms with van der Waals surface area (Å²) in [5, 5.41) is 3.07. The molecule has 2 saturated carbocycles. The van der Waals surface area contributed by atoms with Crippen LogP contribution in [0, 0.1) is 5.41 Å². The molecule has 2 aliphatic rings. The number of amides is 1. The van der Waals surface area contributed by atoms with Gasteiger partial charge in [-0.05, 0) is 25.7 Å². The van der Waals surface area contributed by atoms with Crippen molar-refractivity contribution in [3.8, 4) is 0 Å². The topological polar surface area (TPSA) is 55.1 Å². The standard InChI is InChI=1S/C10H18N2O/c11-7-10(5-1-2-6-10)9(13)12-8-3-4-8/h8H,1-7,11H2,(H,12,13). The molecule has 0 aromatic heterocycles. The first-order valence-corrected chi connectivity index (χ1v) is 5.28. The molecule has 0 heterocycles. The summed E-state index contributed by atoms with van der Waals surface area (Å²) in [5.74, 6) is 0.218. The van der Waals surface area contributed by atoms with Gasteiger partial charge in [0.1, 0.15) is 0 Å². The average Bonchev–Trinajstić information content (AvgIpc) is 2.83. The fourth-order valence-corrected chi connectivity index (χ4v) is 2.14. The maximum Gasteiger partial charge on any atom is 0.227 e. The van der Waals surface area contributed by atoms with E-state index in [0.717, 1.165) is 38.5 Å². The second-order valence-electron chi connectivity index (χ2n) is 4.44. The second kappa shape index (κ2) is 3.29. The maximum absolute atomic E-state index is 11.9. The molecule has 0 aliphatic heterocycles. The predicted molar refractivity (Wildman–Crippen MR) is 51.1 cm³/mol. The highest BCUT2D eigenvalue weighted by Crippen LogP contribution is 2.38. The maximum atomic E-state index is 11.9. The quantitative estimate of drug-likeness (QED) is 0.678. The molecule has 2 rings (SSSR count). The van der Waals surface area contributed by atoms with Gasteiger partial charge < -0.3 is 11.1 Å². The molecular formula is C10H18N2O. The molecule has 3 N–H and O–H groups in total. The van der Waals surface area contributed by atoms with E-state index in [1.165, 1.54) is 0 Å². The molecule has 1 amide bonds. The highest BCUT2D eigenvalue weighted by molar-refractivity contribution is 5.83. The lowest BCUT2D eigenvalue weighted by Gasteiger charge is -2.25. The van der Waals surface area contributed by atoms with Crippen LogP contribution in [-0.2, 0) is 4.79 Å². The van der Waals surface area contributed by atoms with E-state index in [1.807, 2.05) is 0 Å². The first kappa shape index (κ1) is 9.00. The molecule has 0 spiro atoms. The van der Waals surface area contributed by atoms with Crippen LogP contribution in [0.1, 0.15) is 38.5 Å². The van der Waals surface area contributed by atoms with Crippen molar-refractivity contribution in [2.75, 3.05) is 6.54 Å². The molecule has 13 heavy (non-hydrogen) atoms. The van der Waals surface area contributed by atoms with E-state index in [-0.39, 0.29) is 11.3 Å². The summed E-state index contributed by atoms with van der Waals surface area (Å²) in [6, 6.07) is 0.469. The van der Waals surface area contributed by atoms with E-state index in [2.05, 4.69) is 5.32 Å². The Labute approximate surface area is 79.1 Å². The number of nitrogens with one attached hydrogen (secondary N) is 1. The monoisotopic (exact) mass is 182 g/mol. The third-order valence-corrected chi connectivity index (χ3v) is 3.35. The zero-order chi connectivity index (χ0) is 9.31. The van der Waals surface area contributed by atoms with Crippen LogP contribution < -0.4 is 11.1 Å². The van der Waals surface area contributed by atoms with Gasteiger partial charge in [-0.1, -0.05) is 12.8 Å². The Kier molecular flexibility index (Phi) is 2.28. The van der Waals surface area contributed by atoms with E-state index in [0.29, 0.717) is 12.6 Å². The van der Waals surface area contributed by atoms with Crippen LogP contribution in [0.4, 0.5) is 0 Å². The van der Waals surface area contributed by atoms with Crippen molar-refractivity contribution in [1.82, 2.24) is 5.32 Å². The Morgan fingerprint density at radius 2 is 2.00 bits per heavy atom. The molecule has 0 aromatic rings. The predicted octanol–water partition coefficient (Wildman–Crippen LogP) is 0.784. The van der Waals surface area contributed by atoms with E-state index >= 15 is 0 Å². The summed E-state index contributed by atoms with van der Waals surface area (Å²) in [5.41, 5.74) is 5.50. The molecular weight excluding hydrogens is 164 g/mol. The van der Waals surface area contributed by atoms with Gasteiger partial charge in [0.2, 0.25) is 5.91 Å². The third-order valence-electron chi connectivity index (χ3n) is 3.35. The van der Waals surface area contributed by atoms with Gasteiger partial charge in [0.25, 0.3) is 0 Å². The van der Waals surface area contributed by atoms with Crippen molar-refractivity contribution in [2.45, 2.75) is 44.6 Å². The van der Waals surface area contributed by atoms with Crippen LogP contribution in [0.2, 0.25) is 0 Å². The summed E-state index contributed by atoms with van der Waals surface area (Å²) in [4.78, 5) is 11.9. The van der Waals surface area contributed by atoms with Crippen molar-refractivity contribution in [3.63, 3.8) is 0 Å². The van der Waals surface area contributed by atoms with Crippen LogP contribution in [0.5, 0.6) is 0 Å². The van der Waals surface area contributed by atoms with Crippen molar-refractivity contribution in [3.05, 3.63) is 0 Å². The molecule has 0 unspecified atom stereocenters. The van der Waals surface area contributed by atoms with Crippen LogP contribution in [-0.4, -0.2) is 18.5 Å². The van der Waals surface area contributed by atoms with Crippen molar-refractivity contribution < 1.29 is 4.79 Å². The Hall–Kier alpha value is -0.570. The molecule has 74 valence electrons. The number of carbonyl (C=O) groups excluding carboxylic acids is 1. The normalized spacial score (nSPS) is 25.9. The van der Waals surface area contributed by atoms with E-state index < -0.39 is 0 Å². The number of carbonyl (C=O) groups is 1. The SMILES string of the molecule is NCC1(C(=O)NC2CC2)CCCC1. The van der Waals surface area contributed by atoms with E-state index in [1.54, 1.807) is 0 Å².